The number of aromatic nitrogens is 4. The van der Waals surface area contributed by atoms with E-state index in [2.05, 4.69) is 20.2 Å². The van der Waals surface area contributed by atoms with Crippen LogP contribution in [0.2, 0.25) is 0 Å². The number of hydrogen-bond donors (Lipinski definition) is 0. The van der Waals surface area contributed by atoms with E-state index >= 15 is 0 Å². The van der Waals surface area contributed by atoms with Crippen molar-refractivity contribution in [1.29, 1.82) is 0 Å². The topological polar surface area (TPSA) is 67.2 Å². The van der Waals surface area contributed by atoms with E-state index in [9.17, 15) is 4.79 Å². The fraction of sp³-hybridized carbons (Fsp3) is 0.571. The quantitative estimate of drug-likeness (QED) is 0.853. The molecule has 0 N–H and O–H groups in total. The first-order valence-electron chi connectivity index (χ1n) is 7.35. The smallest absolute Gasteiger partial charge is 0.257 e. The van der Waals surface area contributed by atoms with E-state index in [1.807, 2.05) is 25.9 Å². The summed E-state index contributed by atoms with van der Waals surface area (Å²) in [5.74, 6) is 0.0217. The van der Waals surface area contributed by atoms with E-state index in [1.54, 1.807) is 28.4 Å². The van der Waals surface area contributed by atoms with E-state index in [1.165, 1.54) is 0 Å². The Labute approximate surface area is 133 Å². The fourth-order valence-corrected chi connectivity index (χ4v) is 3.48. The normalized spacial score (nSPS) is 18.5. The Hall–Kier alpha value is -1.96. The van der Waals surface area contributed by atoms with Gasteiger partial charge in [0.25, 0.3) is 5.91 Å². The predicted molar refractivity (Wildman–Crippen MR) is 85.2 cm³/mol. The monoisotopic (exact) mass is 320 g/mol. The number of aryl methyl sites for hydroxylation is 2. The van der Waals surface area contributed by atoms with Gasteiger partial charge in [-0.1, -0.05) is 11.3 Å². The highest BCUT2D eigenvalue weighted by Gasteiger charge is 2.28. The average Bonchev–Trinajstić information content (AvgIpc) is 3.14. The number of carbonyl (C=O) groups excluding carboxylic acids is 1. The van der Waals surface area contributed by atoms with Crippen molar-refractivity contribution >= 4 is 22.4 Å². The minimum absolute atomic E-state index is 0.0217. The van der Waals surface area contributed by atoms with Crippen LogP contribution in [0.3, 0.4) is 0 Å². The maximum Gasteiger partial charge on any atom is 0.257 e. The molecule has 1 fully saturated rings. The fourth-order valence-electron chi connectivity index (χ4n) is 2.76. The summed E-state index contributed by atoms with van der Waals surface area (Å²) < 4.78 is 1.65. The summed E-state index contributed by atoms with van der Waals surface area (Å²) >= 11 is 1.60. The summed E-state index contributed by atoms with van der Waals surface area (Å²) in [5.41, 5.74) is 0.633. The third-order valence-corrected chi connectivity index (χ3v) is 4.90. The lowest BCUT2D eigenvalue weighted by atomic mass is 10.0. The second-order valence-corrected chi connectivity index (χ2v) is 6.82. The molecule has 1 aliphatic rings. The Morgan fingerprint density at radius 1 is 1.45 bits per heavy atom. The standard InChI is InChI=1S/C14H20N6OS/c1-10-16-17-14(22-10)20-6-4-5-12(9-20)19(3)13(21)11-7-15-18(2)8-11/h7-8,12H,4-6,9H2,1-3H3. The van der Waals surface area contributed by atoms with Crippen LogP contribution in [0.25, 0.3) is 0 Å². The van der Waals surface area contributed by atoms with Gasteiger partial charge in [-0.05, 0) is 19.8 Å². The molecule has 0 spiro atoms. The molecular weight excluding hydrogens is 300 g/mol. The van der Waals surface area contributed by atoms with Crippen molar-refractivity contribution in [3.63, 3.8) is 0 Å². The number of likely N-dealkylation sites (N-methyl/N-ethyl adjacent to an activating group) is 1. The van der Waals surface area contributed by atoms with E-state index < -0.39 is 0 Å². The highest BCUT2D eigenvalue weighted by molar-refractivity contribution is 7.15. The number of nitrogens with zero attached hydrogens (tertiary/aromatic N) is 6. The zero-order chi connectivity index (χ0) is 15.7. The van der Waals surface area contributed by atoms with E-state index in [0.29, 0.717) is 5.56 Å². The Kier molecular flexibility index (Phi) is 4.10. The minimum atomic E-state index is 0.0217. The molecule has 2 aromatic rings. The summed E-state index contributed by atoms with van der Waals surface area (Å²) in [5, 5.41) is 14.3. The molecule has 8 heteroatoms. The number of carbonyl (C=O) groups is 1. The maximum atomic E-state index is 12.5. The van der Waals surface area contributed by atoms with Crippen molar-refractivity contribution in [3.8, 4) is 0 Å². The molecule has 1 unspecified atom stereocenters. The highest BCUT2D eigenvalue weighted by Crippen LogP contribution is 2.25. The molecule has 7 nitrogen and oxygen atoms in total. The average molecular weight is 320 g/mol. The zero-order valence-corrected chi connectivity index (χ0v) is 13.9. The van der Waals surface area contributed by atoms with Crippen LogP contribution >= 0.6 is 11.3 Å². The minimum Gasteiger partial charge on any atom is -0.345 e. The Balaban J connectivity index is 1.70. The molecule has 0 aliphatic carbocycles. The van der Waals surface area contributed by atoms with Gasteiger partial charge in [0.2, 0.25) is 5.13 Å². The molecule has 0 aromatic carbocycles. The molecule has 3 heterocycles. The third kappa shape index (κ3) is 2.96. The first kappa shape index (κ1) is 15.0. The molecule has 3 rings (SSSR count). The number of piperidine rings is 1. The van der Waals surface area contributed by atoms with Crippen LogP contribution in [0.4, 0.5) is 5.13 Å². The van der Waals surface area contributed by atoms with Gasteiger partial charge in [0, 0.05) is 39.4 Å². The molecule has 2 aromatic heterocycles. The van der Waals surface area contributed by atoms with Crippen LogP contribution in [0.1, 0.15) is 28.2 Å². The van der Waals surface area contributed by atoms with Gasteiger partial charge >= 0.3 is 0 Å². The van der Waals surface area contributed by atoms with Crippen LogP contribution in [0.5, 0.6) is 0 Å². The number of anilines is 1. The number of hydrogen-bond acceptors (Lipinski definition) is 6. The van der Waals surface area contributed by atoms with Crippen molar-refractivity contribution in [2.45, 2.75) is 25.8 Å². The van der Waals surface area contributed by atoms with Crippen LogP contribution in [-0.4, -0.2) is 57.0 Å². The second-order valence-electron chi connectivity index (χ2n) is 5.66. The summed E-state index contributed by atoms with van der Waals surface area (Å²) in [6.07, 6.45) is 5.44. The van der Waals surface area contributed by atoms with Crippen molar-refractivity contribution in [3.05, 3.63) is 23.0 Å². The SMILES string of the molecule is Cc1nnc(N2CCCC(N(C)C(=O)c3cnn(C)c3)C2)s1. The lowest BCUT2D eigenvalue weighted by molar-refractivity contribution is 0.0717. The summed E-state index contributed by atoms with van der Waals surface area (Å²) in [6.45, 7) is 3.73. The molecule has 1 amide bonds. The van der Waals surface area contributed by atoms with E-state index in [-0.39, 0.29) is 11.9 Å². The Bertz CT molecular complexity index is 666. The van der Waals surface area contributed by atoms with Gasteiger partial charge in [-0.15, -0.1) is 10.2 Å². The summed E-state index contributed by atoms with van der Waals surface area (Å²) in [4.78, 5) is 16.6. The largest absolute Gasteiger partial charge is 0.345 e. The van der Waals surface area contributed by atoms with Gasteiger partial charge in [-0.25, -0.2) is 0 Å². The van der Waals surface area contributed by atoms with Gasteiger partial charge < -0.3 is 9.80 Å². The predicted octanol–water partition coefficient (Wildman–Crippen LogP) is 1.32. The van der Waals surface area contributed by atoms with Gasteiger partial charge in [-0.2, -0.15) is 5.10 Å². The van der Waals surface area contributed by atoms with E-state index in [4.69, 9.17) is 0 Å². The van der Waals surface area contributed by atoms with Gasteiger partial charge in [0.15, 0.2) is 0 Å². The highest BCUT2D eigenvalue weighted by atomic mass is 32.1. The first-order chi connectivity index (χ1) is 10.5. The first-order valence-corrected chi connectivity index (χ1v) is 8.17. The maximum absolute atomic E-state index is 12.5. The van der Waals surface area contributed by atoms with Gasteiger partial charge in [-0.3, -0.25) is 9.48 Å². The van der Waals surface area contributed by atoms with Crippen molar-refractivity contribution < 1.29 is 4.79 Å². The Morgan fingerprint density at radius 3 is 2.91 bits per heavy atom. The van der Waals surface area contributed by atoms with Gasteiger partial charge in [0.1, 0.15) is 5.01 Å². The third-order valence-electron chi connectivity index (χ3n) is 4.00. The molecule has 1 aliphatic heterocycles. The number of amides is 1. The molecule has 0 radical (unpaired) electrons. The molecule has 1 saturated heterocycles. The van der Waals surface area contributed by atoms with Crippen LogP contribution in [0, 0.1) is 6.92 Å². The molecule has 22 heavy (non-hydrogen) atoms. The molecular formula is C14H20N6OS. The molecule has 0 bridgehead atoms. The Morgan fingerprint density at radius 2 is 2.27 bits per heavy atom. The summed E-state index contributed by atoms with van der Waals surface area (Å²) in [7, 11) is 3.69. The molecule has 0 saturated carbocycles. The van der Waals surface area contributed by atoms with Crippen molar-refractivity contribution in [2.75, 3.05) is 25.0 Å². The van der Waals surface area contributed by atoms with Crippen LogP contribution in [0.15, 0.2) is 12.4 Å². The van der Waals surface area contributed by atoms with Crippen LogP contribution in [-0.2, 0) is 7.05 Å². The molecule has 1 atom stereocenters. The van der Waals surface area contributed by atoms with Crippen molar-refractivity contribution in [1.82, 2.24) is 24.9 Å². The van der Waals surface area contributed by atoms with Crippen LogP contribution < -0.4 is 4.90 Å². The summed E-state index contributed by atoms with van der Waals surface area (Å²) in [6, 6.07) is 0.186. The number of rotatable bonds is 3. The van der Waals surface area contributed by atoms with Crippen molar-refractivity contribution in [2.24, 2.45) is 7.05 Å². The lowest BCUT2D eigenvalue weighted by Crippen LogP contribution is -2.48. The molecule has 118 valence electrons. The van der Waals surface area contributed by atoms with Gasteiger partial charge in [0.05, 0.1) is 11.8 Å². The zero-order valence-electron chi connectivity index (χ0n) is 13.1. The second kappa shape index (κ2) is 6.04. The van der Waals surface area contributed by atoms with E-state index in [0.717, 1.165) is 36.1 Å². The lowest BCUT2D eigenvalue weighted by Gasteiger charge is -2.37.